The second kappa shape index (κ2) is 10.4. The van der Waals surface area contributed by atoms with Gasteiger partial charge in [0.05, 0.1) is 49.3 Å². The van der Waals surface area contributed by atoms with Gasteiger partial charge < -0.3 is 18.9 Å². The van der Waals surface area contributed by atoms with Gasteiger partial charge in [0.1, 0.15) is 17.2 Å². The Labute approximate surface area is 212 Å². The Hall–Kier alpha value is -3.85. The summed E-state index contributed by atoms with van der Waals surface area (Å²) in [4.78, 5) is 32.1. The molecule has 1 atom stereocenters. The lowest BCUT2D eigenvalue weighted by atomic mass is 9.96. The largest absolute Gasteiger partial charge is 0.497 e. The predicted molar refractivity (Wildman–Crippen MR) is 138 cm³/mol. The summed E-state index contributed by atoms with van der Waals surface area (Å²) >= 11 is 1.25. The predicted octanol–water partition coefficient (Wildman–Crippen LogP) is 3.21. The molecule has 0 bridgehead atoms. The van der Waals surface area contributed by atoms with Crippen LogP contribution in [-0.2, 0) is 9.53 Å². The van der Waals surface area contributed by atoms with Crippen molar-refractivity contribution in [2.75, 3.05) is 21.3 Å². The molecule has 1 aliphatic rings. The first-order chi connectivity index (χ1) is 17.3. The molecule has 0 N–H and O–H groups in total. The summed E-state index contributed by atoms with van der Waals surface area (Å²) in [5, 5.41) is 0. The number of hydrogen-bond donors (Lipinski definition) is 0. The average Bonchev–Trinajstić information content (AvgIpc) is 3.17. The third-order valence-electron chi connectivity index (χ3n) is 5.74. The average molecular weight is 509 g/mol. The molecule has 0 amide bonds. The molecule has 0 radical (unpaired) electrons. The Morgan fingerprint density at radius 2 is 1.69 bits per heavy atom. The Morgan fingerprint density at radius 3 is 2.31 bits per heavy atom. The van der Waals surface area contributed by atoms with Crippen molar-refractivity contribution in [3.05, 3.63) is 84.5 Å². The van der Waals surface area contributed by atoms with E-state index in [9.17, 15) is 9.59 Å². The molecule has 0 saturated heterocycles. The number of rotatable bonds is 7. The van der Waals surface area contributed by atoms with E-state index in [1.54, 1.807) is 77.0 Å². The highest BCUT2D eigenvalue weighted by Gasteiger charge is 2.33. The van der Waals surface area contributed by atoms with Gasteiger partial charge in [0, 0.05) is 11.6 Å². The van der Waals surface area contributed by atoms with Gasteiger partial charge in [-0.05, 0) is 56.7 Å². The molecule has 1 aliphatic heterocycles. The number of fused-ring (bicyclic) bond motifs is 1. The van der Waals surface area contributed by atoms with E-state index in [2.05, 4.69) is 4.99 Å². The number of nitrogens with zero attached hydrogens (tertiary/aromatic N) is 2. The fourth-order valence-corrected chi connectivity index (χ4v) is 5.08. The molecule has 2 aromatic carbocycles. The lowest BCUT2D eigenvalue weighted by molar-refractivity contribution is -0.143. The molecule has 1 aromatic heterocycles. The van der Waals surface area contributed by atoms with Crippen molar-refractivity contribution in [1.29, 1.82) is 0 Å². The summed E-state index contributed by atoms with van der Waals surface area (Å²) in [6, 6.07) is 12.0. The first-order valence-corrected chi connectivity index (χ1v) is 12.2. The number of benzene rings is 2. The Balaban J connectivity index is 1.93. The number of methoxy groups -OCH3 is 3. The molecule has 2 heterocycles. The molecule has 0 aliphatic carbocycles. The molecule has 0 fully saturated rings. The van der Waals surface area contributed by atoms with Crippen molar-refractivity contribution in [2.45, 2.75) is 32.9 Å². The van der Waals surface area contributed by atoms with Crippen LogP contribution in [0.4, 0.5) is 0 Å². The number of hydrogen-bond acceptors (Lipinski definition) is 8. The van der Waals surface area contributed by atoms with Gasteiger partial charge in [-0.25, -0.2) is 9.79 Å². The summed E-state index contributed by atoms with van der Waals surface area (Å²) in [5.41, 5.74) is 2.04. The highest BCUT2D eigenvalue weighted by molar-refractivity contribution is 7.07. The lowest BCUT2D eigenvalue weighted by Crippen LogP contribution is -2.40. The first kappa shape index (κ1) is 25.2. The summed E-state index contributed by atoms with van der Waals surface area (Å²) in [7, 11) is 4.73. The topological polar surface area (TPSA) is 88.4 Å². The van der Waals surface area contributed by atoms with Crippen LogP contribution in [0.5, 0.6) is 17.2 Å². The number of allylic oxidation sites excluding steroid dienone is 1. The van der Waals surface area contributed by atoms with E-state index in [4.69, 9.17) is 18.9 Å². The van der Waals surface area contributed by atoms with Gasteiger partial charge in [0.15, 0.2) is 4.80 Å². The molecule has 188 valence electrons. The maximum atomic E-state index is 13.8. The van der Waals surface area contributed by atoms with Gasteiger partial charge in [-0.1, -0.05) is 23.5 Å². The van der Waals surface area contributed by atoms with Crippen LogP contribution in [0.1, 0.15) is 37.9 Å². The molecule has 8 nitrogen and oxygen atoms in total. The van der Waals surface area contributed by atoms with Crippen molar-refractivity contribution in [1.82, 2.24) is 4.57 Å². The van der Waals surface area contributed by atoms with Crippen molar-refractivity contribution < 1.29 is 23.7 Å². The van der Waals surface area contributed by atoms with Crippen LogP contribution in [0, 0.1) is 0 Å². The van der Waals surface area contributed by atoms with E-state index >= 15 is 0 Å². The quantitative estimate of drug-likeness (QED) is 0.456. The van der Waals surface area contributed by atoms with E-state index in [-0.39, 0.29) is 11.7 Å². The van der Waals surface area contributed by atoms with Gasteiger partial charge in [0.25, 0.3) is 5.56 Å². The third kappa shape index (κ3) is 4.79. The van der Waals surface area contributed by atoms with E-state index in [1.807, 2.05) is 18.2 Å². The minimum Gasteiger partial charge on any atom is -0.497 e. The fraction of sp³-hybridized carbons (Fsp3) is 0.296. The highest BCUT2D eigenvalue weighted by Crippen LogP contribution is 2.32. The molecule has 0 saturated carbocycles. The van der Waals surface area contributed by atoms with Gasteiger partial charge in [0.2, 0.25) is 0 Å². The maximum absolute atomic E-state index is 13.8. The van der Waals surface area contributed by atoms with E-state index in [0.29, 0.717) is 37.9 Å². The first-order valence-electron chi connectivity index (χ1n) is 11.4. The Morgan fingerprint density at radius 1 is 1.03 bits per heavy atom. The van der Waals surface area contributed by atoms with Crippen LogP contribution in [0.2, 0.25) is 0 Å². The molecular weight excluding hydrogens is 480 g/mol. The van der Waals surface area contributed by atoms with Crippen molar-refractivity contribution in [3.63, 3.8) is 0 Å². The molecule has 4 rings (SSSR count). The number of esters is 1. The molecule has 0 spiro atoms. The molecule has 36 heavy (non-hydrogen) atoms. The standard InChI is InChI=1S/C27H28N2O6S/c1-15(2)35-26(31)23-16(3)28-27-29(24(23)17-7-10-19(32-4)11-8-17)25(30)22(36-27)13-18-9-12-20(33-5)14-21(18)34-6/h7-15,24H,1-6H3/b22-13-. The molecular formula is C27H28N2O6S. The minimum absolute atomic E-state index is 0.264. The number of ether oxygens (including phenoxy) is 4. The smallest absolute Gasteiger partial charge is 0.338 e. The van der Waals surface area contributed by atoms with Crippen LogP contribution in [0.25, 0.3) is 6.08 Å². The van der Waals surface area contributed by atoms with Crippen molar-refractivity contribution >= 4 is 23.4 Å². The third-order valence-corrected chi connectivity index (χ3v) is 6.73. The summed E-state index contributed by atoms with van der Waals surface area (Å²) in [5.74, 6) is 1.39. The number of carbonyl (C=O) groups is 1. The van der Waals surface area contributed by atoms with E-state index < -0.39 is 12.0 Å². The van der Waals surface area contributed by atoms with E-state index in [1.165, 1.54) is 11.3 Å². The Bertz CT molecular complexity index is 1500. The van der Waals surface area contributed by atoms with Gasteiger partial charge >= 0.3 is 5.97 Å². The summed E-state index contributed by atoms with van der Waals surface area (Å²) in [6.07, 6.45) is 1.44. The highest BCUT2D eigenvalue weighted by atomic mass is 32.1. The zero-order chi connectivity index (χ0) is 26.0. The zero-order valence-electron chi connectivity index (χ0n) is 21.0. The monoisotopic (exact) mass is 508 g/mol. The number of aromatic nitrogens is 1. The number of thiazole rings is 1. The maximum Gasteiger partial charge on any atom is 0.338 e. The van der Waals surface area contributed by atoms with E-state index in [0.717, 1.165) is 11.1 Å². The van der Waals surface area contributed by atoms with Crippen LogP contribution in [0.3, 0.4) is 0 Å². The molecule has 1 unspecified atom stereocenters. The Kier molecular flexibility index (Phi) is 7.30. The molecule has 3 aromatic rings. The lowest BCUT2D eigenvalue weighted by Gasteiger charge is -2.25. The van der Waals surface area contributed by atoms with Crippen molar-refractivity contribution in [2.24, 2.45) is 4.99 Å². The fourth-order valence-electron chi connectivity index (χ4n) is 4.04. The second-order valence-electron chi connectivity index (χ2n) is 8.42. The summed E-state index contributed by atoms with van der Waals surface area (Å²) in [6.45, 7) is 5.33. The minimum atomic E-state index is -0.696. The zero-order valence-corrected chi connectivity index (χ0v) is 21.8. The SMILES string of the molecule is COc1ccc(C2C(C(=O)OC(C)C)=C(C)N=c3s/c(=C\c4ccc(OC)cc4OC)c(=O)n32)cc1. The normalized spacial score (nSPS) is 15.4. The van der Waals surface area contributed by atoms with Crippen LogP contribution in [-0.4, -0.2) is 38.0 Å². The van der Waals surface area contributed by atoms with Crippen LogP contribution in [0.15, 0.2) is 63.5 Å². The van der Waals surface area contributed by atoms with Gasteiger partial charge in [-0.3, -0.25) is 9.36 Å². The number of carbonyl (C=O) groups excluding carboxylic acids is 1. The summed E-state index contributed by atoms with van der Waals surface area (Å²) < 4.78 is 23.6. The van der Waals surface area contributed by atoms with Crippen LogP contribution < -0.4 is 29.1 Å². The van der Waals surface area contributed by atoms with Crippen LogP contribution >= 0.6 is 11.3 Å². The van der Waals surface area contributed by atoms with Crippen molar-refractivity contribution in [3.8, 4) is 17.2 Å². The van der Waals surface area contributed by atoms with Gasteiger partial charge in [-0.15, -0.1) is 0 Å². The van der Waals surface area contributed by atoms with Gasteiger partial charge in [-0.2, -0.15) is 0 Å². The second-order valence-corrected chi connectivity index (χ2v) is 9.43. The molecule has 9 heteroatoms.